The molecule has 0 saturated heterocycles. The lowest BCUT2D eigenvalue weighted by Gasteiger charge is -2.04. The Morgan fingerprint density at radius 3 is 2.60 bits per heavy atom. The highest BCUT2D eigenvalue weighted by Gasteiger charge is 2.27. The summed E-state index contributed by atoms with van der Waals surface area (Å²) in [5.41, 5.74) is 10.4. The van der Waals surface area contributed by atoms with Gasteiger partial charge in [-0.15, -0.1) is 0 Å². The van der Waals surface area contributed by atoms with Crippen LogP contribution in [-0.2, 0) is 0 Å². The molecular formula is C7H15N3. The number of hydrogen-bond donors (Lipinski definition) is 2. The molecule has 0 spiro atoms. The summed E-state index contributed by atoms with van der Waals surface area (Å²) >= 11 is 0. The molecule has 0 aromatic carbocycles. The fraction of sp³-hybridized carbons (Fsp3) is 0.857. The van der Waals surface area contributed by atoms with E-state index >= 15 is 0 Å². The Bertz CT molecular complexity index is 134. The van der Waals surface area contributed by atoms with Crippen molar-refractivity contribution in [2.75, 3.05) is 6.54 Å². The van der Waals surface area contributed by atoms with E-state index in [4.69, 9.17) is 11.5 Å². The minimum atomic E-state index is 0.215. The molecule has 3 nitrogen and oxygen atoms in total. The molecule has 1 unspecified atom stereocenters. The quantitative estimate of drug-likeness (QED) is 0.438. The first-order valence-electron chi connectivity index (χ1n) is 3.75. The lowest BCUT2D eigenvalue weighted by molar-refractivity contribution is 0.522. The summed E-state index contributed by atoms with van der Waals surface area (Å²) in [6.07, 6.45) is 2.72. The second-order valence-electron chi connectivity index (χ2n) is 3.08. The molecule has 1 aliphatic rings. The highest BCUT2D eigenvalue weighted by atomic mass is 15.0. The molecule has 58 valence electrons. The normalized spacial score (nSPS) is 20.1. The first-order valence-corrected chi connectivity index (χ1v) is 3.75. The van der Waals surface area contributed by atoms with Gasteiger partial charge in [0.25, 0.3) is 0 Å². The van der Waals surface area contributed by atoms with E-state index < -0.39 is 0 Å². The van der Waals surface area contributed by atoms with Crippen molar-refractivity contribution in [3.05, 3.63) is 0 Å². The maximum atomic E-state index is 5.19. The standard InChI is InChI=1S/C7H15N3/c1-5(6-2-3-6)4-10-7(8)9/h5-6H,2-4H2,1H3,(H4,8,9,10). The van der Waals surface area contributed by atoms with Crippen LogP contribution in [0.4, 0.5) is 0 Å². The van der Waals surface area contributed by atoms with E-state index in [1.165, 1.54) is 12.8 Å². The SMILES string of the molecule is CC(CN=C(N)N)C1CC1. The van der Waals surface area contributed by atoms with Crippen LogP contribution in [0.25, 0.3) is 0 Å². The van der Waals surface area contributed by atoms with Gasteiger partial charge in [-0.3, -0.25) is 4.99 Å². The Hall–Kier alpha value is -0.730. The van der Waals surface area contributed by atoms with Gasteiger partial charge >= 0.3 is 0 Å². The zero-order valence-electron chi connectivity index (χ0n) is 6.38. The third-order valence-electron chi connectivity index (χ3n) is 1.99. The minimum absolute atomic E-state index is 0.215. The predicted octanol–water partition coefficient (Wildman–Crippen LogP) is 0.306. The number of nitrogens with zero attached hydrogens (tertiary/aromatic N) is 1. The molecule has 1 fully saturated rings. The number of hydrogen-bond acceptors (Lipinski definition) is 1. The van der Waals surface area contributed by atoms with Gasteiger partial charge in [0.2, 0.25) is 0 Å². The molecule has 0 radical (unpaired) electrons. The van der Waals surface area contributed by atoms with Gasteiger partial charge in [0, 0.05) is 6.54 Å². The molecule has 4 N–H and O–H groups in total. The average molecular weight is 141 g/mol. The first-order chi connectivity index (χ1) is 4.70. The van der Waals surface area contributed by atoms with E-state index in [1.807, 2.05) is 0 Å². The van der Waals surface area contributed by atoms with Gasteiger partial charge < -0.3 is 11.5 Å². The number of nitrogens with two attached hydrogens (primary N) is 2. The molecule has 1 saturated carbocycles. The smallest absolute Gasteiger partial charge is 0.185 e. The molecule has 0 aliphatic heterocycles. The number of rotatable bonds is 3. The summed E-state index contributed by atoms with van der Waals surface area (Å²) in [5.74, 6) is 1.78. The molecule has 0 amide bonds. The molecule has 0 bridgehead atoms. The van der Waals surface area contributed by atoms with E-state index in [9.17, 15) is 0 Å². The van der Waals surface area contributed by atoms with Crippen molar-refractivity contribution < 1.29 is 0 Å². The van der Waals surface area contributed by atoms with Crippen LogP contribution in [0.15, 0.2) is 4.99 Å². The Morgan fingerprint density at radius 2 is 2.20 bits per heavy atom. The van der Waals surface area contributed by atoms with Gasteiger partial charge in [0.1, 0.15) is 0 Å². The van der Waals surface area contributed by atoms with Crippen molar-refractivity contribution in [1.82, 2.24) is 0 Å². The second-order valence-corrected chi connectivity index (χ2v) is 3.08. The lowest BCUT2D eigenvalue weighted by atomic mass is 10.1. The van der Waals surface area contributed by atoms with Crippen LogP contribution in [0.3, 0.4) is 0 Å². The van der Waals surface area contributed by atoms with Crippen molar-refractivity contribution in [1.29, 1.82) is 0 Å². The van der Waals surface area contributed by atoms with Crippen LogP contribution in [0.5, 0.6) is 0 Å². The summed E-state index contributed by atoms with van der Waals surface area (Å²) in [7, 11) is 0. The fourth-order valence-electron chi connectivity index (χ4n) is 1.06. The Labute approximate surface area is 61.5 Å². The molecule has 0 aromatic rings. The summed E-state index contributed by atoms with van der Waals surface area (Å²) in [6, 6.07) is 0. The summed E-state index contributed by atoms with van der Waals surface area (Å²) < 4.78 is 0. The molecule has 0 heterocycles. The maximum Gasteiger partial charge on any atom is 0.185 e. The van der Waals surface area contributed by atoms with E-state index in [2.05, 4.69) is 11.9 Å². The Kier molecular flexibility index (Phi) is 2.14. The highest BCUT2D eigenvalue weighted by molar-refractivity contribution is 5.75. The van der Waals surface area contributed by atoms with E-state index in [0.717, 1.165) is 12.5 Å². The van der Waals surface area contributed by atoms with Gasteiger partial charge in [0.15, 0.2) is 5.96 Å². The molecule has 0 aromatic heterocycles. The van der Waals surface area contributed by atoms with Crippen LogP contribution >= 0.6 is 0 Å². The molecule has 1 aliphatic carbocycles. The third kappa shape index (κ3) is 2.25. The lowest BCUT2D eigenvalue weighted by Crippen LogP contribution is -2.24. The molecule has 3 heteroatoms. The second kappa shape index (κ2) is 2.90. The summed E-state index contributed by atoms with van der Waals surface area (Å²) in [4.78, 5) is 3.96. The van der Waals surface area contributed by atoms with Crippen LogP contribution in [0.1, 0.15) is 19.8 Å². The Morgan fingerprint density at radius 1 is 1.60 bits per heavy atom. The number of aliphatic imine (C=N–C) groups is 1. The fourth-order valence-corrected chi connectivity index (χ4v) is 1.06. The molecule has 1 rings (SSSR count). The molecule has 1 atom stereocenters. The minimum Gasteiger partial charge on any atom is -0.370 e. The molecule has 10 heavy (non-hydrogen) atoms. The van der Waals surface area contributed by atoms with Crippen molar-refractivity contribution >= 4 is 5.96 Å². The maximum absolute atomic E-state index is 5.19. The molecular weight excluding hydrogens is 126 g/mol. The topological polar surface area (TPSA) is 64.4 Å². The highest BCUT2D eigenvalue weighted by Crippen LogP contribution is 2.36. The van der Waals surface area contributed by atoms with Crippen LogP contribution in [0, 0.1) is 11.8 Å². The van der Waals surface area contributed by atoms with Crippen LogP contribution < -0.4 is 11.5 Å². The van der Waals surface area contributed by atoms with E-state index in [0.29, 0.717) is 5.92 Å². The van der Waals surface area contributed by atoms with Gasteiger partial charge in [-0.25, -0.2) is 0 Å². The number of guanidine groups is 1. The van der Waals surface area contributed by atoms with Gasteiger partial charge in [-0.05, 0) is 24.7 Å². The van der Waals surface area contributed by atoms with Crippen molar-refractivity contribution in [3.63, 3.8) is 0 Å². The van der Waals surface area contributed by atoms with E-state index in [1.54, 1.807) is 0 Å². The van der Waals surface area contributed by atoms with Gasteiger partial charge in [-0.1, -0.05) is 6.92 Å². The van der Waals surface area contributed by atoms with E-state index in [-0.39, 0.29) is 5.96 Å². The zero-order valence-corrected chi connectivity index (χ0v) is 6.38. The monoisotopic (exact) mass is 141 g/mol. The van der Waals surface area contributed by atoms with Crippen molar-refractivity contribution in [2.45, 2.75) is 19.8 Å². The largest absolute Gasteiger partial charge is 0.370 e. The average Bonchev–Trinajstić information content (AvgIpc) is 2.63. The van der Waals surface area contributed by atoms with Crippen molar-refractivity contribution in [2.24, 2.45) is 28.3 Å². The Balaban J connectivity index is 2.17. The van der Waals surface area contributed by atoms with Gasteiger partial charge in [0.05, 0.1) is 0 Å². The third-order valence-corrected chi connectivity index (χ3v) is 1.99. The van der Waals surface area contributed by atoms with Gasteiger partial charge in [-0.2, -0.15) is 0 Å². The summed E-state index contributed by atoms with van der Waals surface area (Å²) in [5, 5.41) is 0. The first kappa shape index (κ1) is 7.38. The van der Waals surface area contributed by atoms with Crippen LogP contribution in [0.2, 0.25) is 0 Å². The summed E-state index contributed by atoms with van der Waals surface area (Å²) in [6.45, 7) is 3.00. The van der Waals surface area contributed by atoms with Crippen molar-refractivity contribution in [3.8, 4) is 0 Å². The predicted molar refractivity (Wildman–Crippen MR) is 42.6 cm³/mol. The zero-order chi connectivity index (χ0) is 7.56. The van der Waals surface area contributed by atoms with Crippen LogP contribution in [-0.4, -0.2) is 12.5 Å².